The van der Waals surface area contributed by atoms with Gasteiger partial charge in [-0.05, 0) is 42.9 Å². The van der Waals surface area contributed by atoms with Crippen molar-refractivity contribution in [2.75, 3.05) is 5.32 Å². The van der Waals surface area contributed by atoms with Crippen LogP contribution >= 0.6 is 0 Å². The molecule has 0 aromatic heterocycles. The van der Waals surface area contributed by atoms with Crippen molar-refractivity contribution in [2.45, 2.75) is 19.3 Å². The van der Waals surface area contributed by atoms with Crippen LogP contribution in [-0.4, -0.2) is 17.0 Å². The maximum atomic E-state index is 13.9. The van der Waals surface area contributed by atoms with Crippen molar-refractivity contribution in [1.82, 2.24) is 0 Å². The molecule has 106 valence electrons. The average molecular weight is 277 g/mol. The van der Waals surface area contributed by atoms with E-state index in [-0.39, 0.29) is 28.9 Å². The second-order valence-electron chi connectivity index (χ2n) is 5.45. The standard InChI is InChI=1S/C14H16FN3O2/c15-10-6-7(13(16)18-20)4-5-11(10)17-14(19)12-8-2-1-3-9(8)12/h4-6,8-9,12,20H,1-3H2,(H2,16,18)(H,17,19). The first-order chi connectivity index (χ1) is 9.61. The highest BCUT2D eigenvalue weighted by Gasteiger charge is 2.56. The Balaban J connectivity index is 1.70. The van der Waals surface area contributed by atoms with Crippen LogP contribution in [0.1, 0.15) is 24.8 Å². The minimum Gasteiger partial charge on any atom is -0.409 e. The minimum atomic E-state index is -0.590. The molecule has 0 aliphatic heterocycles. The molecule has 2 fully saturated rings. The predicted molar refractivity (Wildman–Crippen MR) is 71.9 cm³/mol. The molecule has 3 rings (SSSR count). The number of benzene rings is 1. The summed E-state index contributed by atoms with van der Waals surface area (Å²) in [5, 5.41) is 14.0. The third-order valence-corrected chi connectivity index (χ3v) is 4.34. The van der Waals surface area contributed by atoms with Crippen LogP contribution in [0.3, 0.4) is 0 Å². The lowest BCUT2D eigenvalue weighted by Crippen LogP contribution is -2.18. The van der Waals surface area contributed by atoms with Crippen molar-refractivity contribution >= 4 is 17.4 Å². The number of rotatable bonds is 3. The van der Waals surface area contributed by atoms with Gasteiger partial charge >= 0.3 is 0 Å². The Bertz CT molecular complexity index is 578. The molecule has 1 aromatic carbocycles. The molecule has 0 spiro atoms. The lowest BCUT2D eigenvalue weighted by Gasteiger charge is -2.08. The fourth-order valence-corrected chi connectivity index (χ4v) is 3.26. The molecule has 20 heavy (non-hydrogen) atoms. The predicted octanol–water partition coefficient (Wildman–Crippen LogP) is 1.90. The Labute approximate surface area is 115 Å². The summed E-state index contributed by atoms with van der Waals surface area (Å²) in [6, 6.07) is 4.07. The number of anilines is 1. The van der Waals surface area contributed by atoms with Gasteiger partial charge in [0, 0.05) is 11.5 Å². The van der Waals surface area contributed by atoms with Crippen molar-refractivity contribution < 1.29 is 14.4 Å². The molecule has 1 aromatic rings. The van der Waals surface area contributed by atoms with E-state index >= 15 is 0 Å². The number of oxime groups is 1. The highest BCUT2D eigenvalue weighted by atomic mass is 19.1. The van der Waals surface area contributed by atoms with E-state index in [0.29, 0.717) is 11.8 Å². The number of amidine groups is 1. The van der Waals surface area contributed by atoms with E-state index in [1.165, 1.54) is 18.6 Å². The maximum absolute atomic E-state index is 13.9. The summed E-state index contributed by atoms with van der Waals surface area (Å²) in [7, 11) is 0. The number of carbonyl (C=O) groups excluding carboxylic acids is 1. The number of nitrogens with zero attached hydrogens (tertiary/aromatic N) is 1. The molecule has 5 nitrogen and oxygen atoms in total. The van der Waals surface area contributed by atoms with E-state index in [2.05, 4.69) is 10.5 Å². The molecular weight excluding hydrogens is 261 g/mol. The maximum Gasteiger partial charge on any atom is 0.228 e. The molecule has 4 N–H and O–H groups in total. The molecule has 1 amide bonds. The molecule has 2 aliphatic carbocycles. The van der Waals surface area contributed by atoms with Crippen LogP contribution in [0.25, 0.3) is 0 Å². The first-order valence-electron chi connectivity index (χ1n) is 6.70. The molecule has 0 bridgehead atoms. The van der Waals surface area contributed by atoms with Crippen LogP contribution in [0.15, 0.2) is 23.4 Å². The second kappa shape index (κ2) is 4.77. The van der Waals surface area contributed by atoms with Gasteiger partial charge in [0.1, 0.15) is 5.82 Å². The van der Waals surface area contributed by atoms with E-state index < -0.39 is 5.82 Å². The summed E-state index contributed by atoms with van der Waals surface area (Å²) in [5.74, 6) is 0.179. The molecule has 0 heterocycles. The first kappa shape index (κ1) is 12.9. The average Bonchev–Trinajstić information content (AvgIpc) is 2.93. The van der Waals surface area contributed by atoms with Crippen LogP contribution in [0.5, 0.6) is 0 Å². The number of nitrogens with two attached hydrogens (primary N) is 1. The summed E-state index contributed by atoms with van der Waals surface area (Å²) in [6.07, 6.45) is 3.41. The summed E-state index contributed by atoms with van der Waals surface area (Å²) in [4.78, 5) is 12.0. The highest BCUT2D eigenvalue weighted by molar-refractivity contribution is 5.98. The molecule has 0 saturated heterocycles. The van der Waals surface area contributed by atoms with Gasteiger partial charge in [0.05, 0.1) is 5.69 Å². The lowest BCUT2D eigenvalue weighted by molar-refractivity contribution is -0.118. The Hall–Kier alpha value is -2.11. The fraction of sp³-hybridized carbons (Fsp3) is 0.429. The largest absolute Gasteiger partial charge is 0.409 e. The van der Waals surface area contributed by atoms with Gasteiger partial charge in [-0.25, -0.2) is 4.39 Å². The molecule has 2 atom stereocenters. The van der Waals surface area contributed by atoms with Gasteiger partial charge in [0.15, 0.2) is 5.84 Å². The Morgan fingerprint density at radius 3 is 2.70 bits per heavy atom. The van der Waals surface area contributed by atoms with Crippen molar-refractivity contribution in [3.63, 3.8) is 0 Å². The normalized spacial score (nSPS) is 28.1. The molecule has 2 saturated carbocycles. The van der Waals surface area contributed by atoms with Crippen molar-refractivity contribution in [1.29, 1.82) is 0 Å². The van der Waals surface area contributed by atoms with Gasteiger partial charge < -0.3 is 16.3 Å². The van der Waals surface area contributed by atoms with Gasteiger partial charge in [-0.15, -0.1) is 0 Å². The molecule has 2 unspecified atom stereocenters. The minimum absolute atomic E-state index is 0.0481. The smallest absolute Gasteiger partial charge is 0.228 e. The van der Waals surface area contributed by atoms with Gasteiger partial charge in [-0.1, -0.05) is 11.6 Å². The van der Waals surface area contributed by atoms with Gasteiger partial charge in [0.25, 0.3) is 0 Å². The number of carbonyl (C=O) groups is 1. The van der Waals surface area contributed by atoms with E-state index in [0.717, 1.165) is 18.9 Å². The Morgan fingerprint density at radius 2 is 2.10 bits per heavy atom. The van der Waals surface area contributed by atoms with Crippen LogP contribution in [0, 0.1) is 23.6 Å². The van der Waals surface area contributed by atoms with Gasteiger partial charge in [0.2, 0.25) is 5.91 Å². The third kappa shape index (κ3) is 2.11. The Morgan fingerprint density at radius 1 is 1.40 bits per heavy atom. The SMILES string of the molecule is N/C(=N/O)c1ccc(NC(=O)C2C3CCCC32)c(F)c1. The summed E-state index contributed by atoms with van der Waals surface area (Å²) in [5.41, 5.74) is 5.78. The summed E-state index contributed by atoms with van der Waals surface area (Å²) < 4.78 is 13.9. The summed E-state index contributed by atoms with van der Waals surface area (Å²) in [6.45, 7) is 0. The monoisotopic (exact) mass is 277 g/mol. The zero-order chi connectivity index (χ0) is 14.3. The summed E-state index contributed by atoms with van der Waals surface area (Å²) >= 11 is 0. The second-order valence-corrected chi connectivity index (χ2v) is 5.45. The van der Waals surface area contributed by atoms with E-state index in [1.54, 1.807) is 0 Å². The molecular formula is C14H16FN3O2. The van der Waals surface area contributed by atoms with Gasteiger partial charge in [-0.3, -0.25) is 4.79 Å². The number of amides is 1. The van der Waals surface area contributed by atoms with Crippen LogP contribution < -0.4 is 11.1 Å². The number of halogens is 1. The molecule has 6 heteroatoms. The number of nitrogens with one attached hydrogen (secondary N) is 1. The molecule has 0 radical (unpaired) electrons. The van der Waals surface area contributed by atoms with Crippen molar-refractivity contribution in [3.8, 4) is 0 Å². The van der Waals surface area contributed by atoms with Crippen LogP contribution in [0.2, 0.25) is 0 Å². The Kier molecular flexibility index (Phi) is 3.08. The number of fused-ring (bicyclic) bond motifs is 1. The van der Waals surface area contributed by atoms with Crippen LogP contribution in [0.4, 0.5) is 10.1 Å². The highest BCUT2D eigenvalue weighted by Crippen LogP contribution is 2.57. The quantitative estimate of drug-likeness (QED) is 0.341. The third-order valence-electron chi connectivity index (χ3n) is 4.34. The number of hydrogen-bond donors (Lipinski definition) is 3. The zero-order valence-electron chi connectivity index (χ0n) is 10.8. The fourth-order valence-electron chi connectivity index (χ4n) is 3.26. The zero-order valence-corrected chi connectivity index (χ0v) is 10.8. The lowest BCUT2D eigenvalue weighted by atomic mass is 10.1. The van der Waals surface area contributed by atoms with E-state index in [1.807, 2.05) is 0 Å². The first-order valence-corrected chi connectivity index (χ1v) is 6.70. The van der Waals surface area contributed by atoms with Crippen molar-refractivity contribution in [2.24, 2.45) is 28.6 Å². The van der Waals surface area contributed by atoms with Crippen LogP contribution in [-0.2, 0) is 4.79 Å². The van der Waals surface area contributed by atoms with Gasteiger partial charge in [-0.2, -0.15) is 0 Å². The number of hydrogen-bond acceptors (Lipinski definition) is 3. The topological polar surface area (TPSA) is 87.7 Å². The van der Waals surface area contributed by atoms with E-state index in [4.69, 9.17) is 10.9 Å². The van der Waals surface area contributed by atoms with Crippen molar-refractivity contribution in [3.05, 3.63) is 29.6 Å². The molecule has 2 aliphatic rings. The van der Waals surface area contributed by atoms with E-state index in [9.17, 15) is 9.18 Å².